The second-order valence-electron chi connectivity index (χ2n) is 10.8. The second kappa shape index (κ2) is 7.32. The van der Waals surface area contributed by atoms with Crippen molar-refractivity contribution in [2.24, 2.45) is 17.8 Å². The maximum Gasteiger partial charge on any atom is 0.290 e. The monoisotopic (exact) mass is 470 g/mol. The number of imide groups is 1. The van der Waals surface area contributed by atoms with Crippen LogP contribution in [0.4, 0.5) is 4.79 Å². The van der Waals surface area contributed by atoms with E-state index in [-0.39, 0.29) is 16.6 Å². The molecule has 1 aromatic heterocycles. The second-order valence-corrected chi connectivity index (χ2v) is 11.8. The third-order valence-electron chi connectivity index (χ3n) is 8.39. The lowest BCUT2D eigenvalue weighted by atomic mass is 9.48. The van der Waals surface area contributed by atoms with Crippen molar-refractivity contribution in [1.82, 2.24) is 10.3 Å². The number of oxazole rings is 1. The molecule has 5 nitrogen and oxygen atoms in total. The summed E-state index contributed by atoms with van der Waals surface area (Å²) in [6, 6.07) is 12.7. The van der Waals surface area contributed by atoms with Gasteiger partial charge in [-0.1, -0.05) is 24.3 Å². The number of amides is 2. The maximum atomic E-state index is 11.9. The highest BCUT2D eigenvalue weighted by molar-refractivity contribution is 8.18. The van der Waals surface area contributed by atoms with Gasteiger partial charge in [0.15, 0.2) is 11.5 Å². The van der Waals surface area contributed by atoms with Crippen LogP contribution in [-0.2, 0) is 10.2 Å². The number of aryl methyl sites for hydroxylation is 1. The third-order valence-corrected chi connectivity index (χ3v) is 9.20. The summed E-state index contributed by atoms with van der Waals surface area (Å²) < 4.78 is 6.21. The maximum absolute atomic E-state index is 11.9. The lowest BCUT2D eigenvalue weighted by Gasteiger charge is -2.57. The topological polar surface area (TPSA) is 72.2 Å². The molecule has 5 fully saturated rings. The summed E-state index contributed by atoms with van der Waals surface area (Å²) in [7, 11) is 0. The molecule has 1 N–H and O–H groups in total. The summed E-state index contributed by atoms with van der Waals surface area (Å²) >= 11 is 0.945. The first-order valence-corrected chi connectivity index (χ1v) is 13.0. The molecule has 2 amide bonds. The summed E-state index contributed by atoms with van der Waals surface area (Å²) in [4.78, 5) is 28.5. The number of carbonyl (C=O) groups excluding carboxylic acids is 2. The van der Waals surface area contributed by atoms with Gasteiger partial charge in [0.25, 0.3) is 11.1 Å². The van der Waals surface area contributed by atoms with Crippen molar-refractivity contribution in [3.05, 3.63) is 58.3 Å². The first kappa shape index (κ1) is 20.5. The van der Waals surface area contributed by atoms with Crippen LogP contribution in [0.5, 0.6) is 0 Å². The van der Waals surface area contributed by atoms with Crippen LogP contribution >= 0.6 is 11.8 Å². The van der Waals surface area contributed by atoms with E-state index in [0.717, 1.165) is 63.2 Å². The van der Waals surface area contributed by atoms with Crippen LogP contribution in [0, 0.1) is 24.7 Å². The van der Waals surface area contributed by atoms with Crippen molar-refractivity contribution in [2.45, 2.75) is 50.9 Å². The minimum absolute atomic E-state index is 0.221. The highest BCUT2D eigenvalue weighted by atomic mass is 32.2. The minimum atomic E-state index is -0.328. The molecule has 0 radical (unpaired) electrons. The van der Waals surface area contributed by atoms with E-state index in [9.17, 15) is 9.59 Å². The van der Waals surface area contributed by atoms with E-state index in [1.165, 1.54) is 44.1 Å². The molecule has 2 aromatic carbocycles. The van der Waals surface area contributed by atoms with Crippen molar-refractivity contribution < 1.29 is 14.0 Å². The van der Waals surface area contributed by atoms with Crippen LogP contribution in [0.3, 0.4) is 0 Å². The number of nitrogens with zero attached hydrogens (tertiary/aromatic N) is 1. The van der Waals surface area contributed by atoms with Crippen LogP contribution in [-0.4, -0.2) is 16.1 Å². The van der Waals surface area contributed by atoms with E-state index < -0.39 is 0 Å². The fourth-order valence-electron chi connectivity index (χ4n) is 7.49. The minimum Gasteiger partial charge on any atom is -0.441 e. The number of thioether (sulfide) groups is 1. The largest absolute Gasteiger partial charge is 0.441 e. The Morgan fingerprint density at radius 2 is 1.68 bits per heavy atom. The van der Waals surface area contributed by atoms with E-state index in [1.54, 1.807) is 6.08 Å². The van der Waals surface area contributed by atoms with E-state index in [2.05, 4.69) is 29.6 Å². The Morgan fingerprint density at radius 1 is 1.00 bits per heavy atom. The van der Waals surface area contributed by atoms with Crippen LogP contribution in [0.25, 0.3) is 28.3 Å². The normalized spacial score (nSPS) is 31.1. The number of hydrogen-bond donors (Lipinski definition) is 1. The Morgan fingerprint density at radius 3 is 2.29 bits per heavy atom. The van der Waals surface area contributed by atoms with E-state index in [0.29, 0.717) is 4.91 Å². The number of fused-ring (bicyclic) bond motifs is 1. The Labute approximate surface area is 202 Å². The van der Waals surface area contributed by atoms with Gasteiger partial charge in [-0.15, -0.1) is 0 Å². The summed E-state index contributed by atoms with van der Waals surface area (Å²) in [6.07, 6.45) is 9.84. The van der Waals surface area contributed by atoms with Gasteiger partial charge in [-0.25, -0.2) is 4.98 Å². The van der Waals surface area contributed by atoms with Crippen molar-refractivity contribution in [3.8, 4) is 11.1 Å². The molecule has 2 heterocycles. The van der Waals surface area contributed by atoms with Crippen LogP contribution in [0.2, 0.25) is 0 Å². The standard InChI is InChI=1S/C28H26N2O3S/c1-15-29-23-11-21(20-4-2-16(3-5-20)9-24-26(31)30-27(32)34-24)10-22(25(23)33-15)28-12-17-6-18(13-28)8-19(7-17)14-28/h2-5,9-11,17-19H,6-8,12-14H2,1H3,(H,30,31,32). The predicted octanol–water partition coefficient (Wildman–Crippen LogP) is 6.59. The Balaban J connectivity index is 1.29. The Hall–Kier alpha value is -2.86. The Bertz CT molecular complexity index is 1350. The summed E-state index contributed by atoms with van der Waals surface area (Å²) in [6.45, 7) is 1.94. The average Bonchev–Trinajstić information content (AvgIpc) is 3.32. The predicted molar refractivity (Wildman–Crippen MR) is 133 cm³/mol. The molecule has 0 atom stereocenters. The van der Waals surface area contributed by atoms with Gasteiger partial charge < -0.3 is 4.42 Å². The van der Waals surface area contributed by atoms with Gasteiger partial charge >= 0.3 is 0 Å². The fourth-order valence-corrected chi connectivity index (χ4v) is 8.17. The van der Waals surface area contributed by atoms with Gasteiger partial charge in [-0.2, -0.15) is 0 Å². The first-order chi connectivity index (χ1) is 16.4. The molecule has 0 unspecified atom stereocenters. The van der Waals surface area contributed by atoms with Crippen LogP contribution < -0.4 is 5.32 Å². The highest BCUT2D eigenvalue weighted by Crippen LogP contribution is 2.61. The molecule has 8 rings (SSSR count). The van der Waals surface area contributed by atoms with E-state index in [4.69, 9.17) is 9.40 Å². The van der Waals surface area contributed by atoms with Crippen molar-refractivity contribution in [2.75, 3.05) is 0 Å². The zero-order chi connectivity index (χ0) is 23.0. The van der Waals surface area contributed by atoms with Gasteiger partial charge in [0.2, 0.25) is 0 Å². The van der Waals surface area contributed by atoms with Gasteiger partial charge in [-0.3, -0.25) is 14.9 Å². The lowest BCUT2D eigenvalue weighted by Crippen LogP contribution is -2.48. The van der Waals surface area contributed by atoms with Gasteiger partial charge in [0.05, 0.1) is 4.91 Å². The quantitative estimate of drug-likeness (QED) is 0.437. The van der Waals surface area contributed by atoms with E-state index in [1.807, 2.05) is 19.1 Å². The molecule has 4 saturated carbocycles. The molecular weight excluding hydrogens is 444 g/mol. The fraction of sp³-hybridized carbons (Fsp3) is 0.393. The lowest BCUT2D eigenvalue weighted by molar-refractivity contribution is -0.115. The van der Waals surface area contributed by atoms with Crippen LogP contribution in [0.1, 0.15) is 55.5 Å². The number of benzene rings is 2. The summed E-state index contributed by atoms with van der Waals surface area (Å²) in [5.74, 6) is 2.98. The number of nitrogens with one attached hydrogen (secondary N) is 1. The molecular formula is C28H26N2O3S. The zero-order valence-electron chi connectivity index (χ0n) is 19.1. The molecule has 5 aliphatic rings. The SMILES string of the molecule is Cc1nc2cc(-c3ccc(C=C4SC(=O)NC4=O)cc3)cc(C34CC5CC(CC(C5)C3)C4)c2o1. The van der Waals surface area contributed by atoms with Gasteiger partial charge in [-0.05, 0) is 108 Å². The van der Waals surface area contributed by atoms with Gasteiger partial charge in [0.1, 0.15) is 5.52 Å². The van der Waals surface area contributed by atoms with Gasteiger partial charge in [0, 0.05) is 12.5 Å². The van der Waals surface area contributed by atoms with Crippen LogP contribution in [0.15, 0.2) is 45.7 Å². The average molecular weight is 471 g/mol. The molecule has 1 aliphatic heterocycles. The molecule has 172 valence electrons. The smallest absolute Gasteiger partial charge is 0.290 e. The number of aromatic nitrogens is 1. The zero-order valence-corrected chi connectivity index (χ0v) is 19.9. The molecule has 0 spiro atoms. The van der Waals surface area contributed by atoms with Crippen molar-refractivity contribution in [3.63, 3.8) is 0 Å². The molecule has 4 aliphatic carbocycles. The Kier molecular flexibility index (Phi) is 4.41. The molecule has 3 aromatic rings. The van der Waals surface area contributed by atoms with Crippen molar-refractivity contribution in [1.29, 1.82) is 0 Å². The molecule has 6 heteroatoms. The third kappa shape index (κ3) is 3.26. The first-order valence-electron chi connectivity index (χ1n) is 12.2. The molecule has 1 saturated heterocycles. The molecule has 34 heavy (non-hydrogen) atoms. The highest BCUT2D eigenvalue weighted by Gasteiger charge is 2.52. The number of rotatable bonds is 3. The van der Waals surface area contributed by atoms with Crippen molar-refractivity contribution >= 4 is 40.1 Å². The van der Waals surface area contributed by atoms with E-state index >= 15 is 0 Å². The summed E-state index contributed by atoms with van der Waals surface area (Å²) in [5, 5.41) is 1.99. The molecule has 4 bridgehead atoms. The number of carbonyl (C=O) groups is 2. The number of hydrogen-bond acceptors (Lipinski definition) is 5. The summed E-state index contributed by atoms with van der Waals surface area (Å²) in [5.41, 5.74) is 6.70.